The van der Waals surface area contributed by atoms with Crippen LogP contribution < -0.4 is 15.4 Å². The Bertz CT molecular complexity index is 737. The third-order valence-electron chi connectivity index (χ3n) is 4.01. The summed E-state index contributed by atoms with van der Waals surface area (Å²) in [5, 5.41) is 5.98. The fourth-order valence-electron chi connectivity index (χ4n) is 2.45. The molecular weight excluding hydrogens is 377 g/mol. The van der Waals surface area contributed by atoms with Crippen molar-refractivity contribution in [3.05, 3.63) is 47.7 Å². The number of hydrogen-bond acceptors (Lipinski definition) is 5. The molecule has 1 aromatic carbocycles. The number of benzene rings is 1. The summed E-state index contributed by atoms with van der Waals surface area (Å²) in [6, 6.07) is 9.36. The van der Waals surface area contributed by atoms with Crippen LogP contribution in [0.2, 0.25) is 0 Å². The topological polar surface area (TPSA) is 72.5 Å². The van der Waals surface area contributed by atoms with Crippen molar-refractivity contribution < 1.29 is 14.3 Å². The lowest BCUT2D eigenvalue weighted by Gasteiger charge is -2.23. The van der Waals surface area contributed by atoms with Gasteiger partial charge in [-0.15, -0.1) is 24.8 Å². The Kier molecular flexibility index (Phi) is 8.81. The maximum absolute atomic E-state index is 12.3. The number of aromatic nitrogens is 1. The van der Waals surface area contributed by atoms with Gasteiger partial charge < -0.3 is 20.1 Å². The van der Waals surface area contributed by atoms with E-state index in [0.29, 0.717) is 24.7 Å². The van der Waals surface area contributed by atoms with Gasteiger partial charge in [-0.05, 0) is 43.2 Å². The molecule has 1 unspecified atom stereocenters. The van der Waals surface area contributed by atoms with E-state index in [4.69, 9.17) is 9.47 Å². The first-order valence-electron chi connectivity index (χ1n) is 7.97. The van der Waals surface area contributed by atoms with Crippen molar-refractivity contribution in [2.45, 2.75) is 20.0 Å². The summed E-state index contributed by atoms with van der Waals surface area (Å²) in [6.45, 7) is 5.80. The summed E-state index contributed by atoms with van der Waals surface area (Å²) in [5.74, 6) is 0.879. The molecule has 142 valence electrons. The van der Waals surface area contributed by atoms with Gasteiger partial charge in [0, 0.05) is 19.3 Å². The van der Waals surface area contributed by atoms with E-state index < -0.39 is 6.10 Å². The Morgan fingerprint density at radius 3 is 2.81 bits per heavy atom. The lowest BCUT2D eigenvalue weighted by Crippen LogP contribution is -2.45. The molecule has 3 rings (SSSR count). The number of carbonyl (C=O) groups excluding carboxylic acids is 1. The standard InChI is InChI=1S/C18H21N3O3.2ClH/c1-12-5-3-7-15(13(12)2)24-18-14(6-4-8-20-18)21-17(22)16-11-19-9-10-23-16;;/h3-8,16,19H,9-11H2,1-2H3,(H,21,22);2*1H. The Balaban J connectivity index is 0.00000169. The SMILES string of the molecule is Cc1cccc(Oc2ncccc2NC(=O)C2CNCCO2)c1C.Cl.Cl. The average molecular weight is 400 g/mol. The lowest BCUT2D eigenvalue weighted by molar-refractivity contribution is -0.128. The molecule has 1 aliphatic heterocycles. The molecule has 1 atom stereocenters. The zero-order valence-electron chi connectivity index (χ0n) is 14.7. The highest BCUT2D eigenvalue weighted by Gasteiger charge is 2.23. The Morgan fingerprint density at radius 2 is 2.08 bits per heavy atom. The van der Waals surface area contributed by atoms with Gasteiger partial charge in [0.05, 0.1) is 6.61 Å². The fourth-order valence-corrected chi connectivity index (χ4v) is 2.45. The molecule has 0 bridgehead atoms. The summed E-state index contributed by atoms with van der Waals surface area (Å²) >= 11 is 0. The number of anilines is 1. The first-order chi connectivity index (χ1) is 11.6. The van der Waals surface area contributed by atoms with Gasteiger partial charge in [0.2, 0.25) is 5.88 Å². The number of carbonyl (C=O) groups is 1. The molecule has 1 amide bonds. The van der Waals surface area contributed by atoms with Crippen molar-refractivity contribution in [1.29, 1.82) is 0 Å². The van der Waals surface area contributed by atoms with Gasteiger partial charge in [-0.3, -0.25) is 4.79 Å². The molecule has 8 heteroatoms. The molecule has 1 fully saturated rings. The summed E-state index contributed by atoms with van der Waals surface area (Å²) in [5.41, 5.74) is 2.70. The van der Waals surface area contributed by atoms with Gasteiger partial charge in [-0.1, -0.05) is 12.1 Å². The minimum atomic E-state index is -0.507. The van der Waals surface area contributed by atoms with Gasteiger partial charge in [0.15, 0.2) is 0 Å². The van der Waals surface area contributed by atoms with Crippen LogP contribution in [0.25, 0.3) is 0 Å². The number of aryl methyl sites for hydroxylation is 1. The molecule has 2 N–H and O–H groups in total. The summed E-state index contributed by atoms with van der Waals surface area (Å²) in [6.07, 6.45) is 1.13. The molecule has 0 spiro atoms. The Morgan fingerprint density at radius 1 is 1.27 bits per heavy atom. The zero-order valence-corrected chi connectivity index (χ0v) is 16.3. The molecule has 1 aromatic heterocycles. The number of halogens is 2. The quantitative estimate of drug-likeness (QED) is 0.825. The molecule has 0 saturated carbocycles. The van der Waals surface area contributed by atoms with Crippen LogP contribution >= 0.6 is 24.8 Å². The Hall–Kier alpha value is -1.86. The molecule has 0 aliphatic carbocycles. The highest BCUT2D eigenvalue weighted by atomic mass is 35.5. The van der Waals surface area contributed by atoms with Crippen molar-refractivity contribution >= 4 is 36.4 Å². The normalized spacial score (nSPS) is 16.0. The number of morpholine rings is 1. The largest absolute Gasteiger partial charge is 0.437 e. The van der Waals surface area contributed by atoms with Crippen molar-refractivity contribution in [3.63, 3.8) is 0 Å². The minimum absolute atomic E-state index is 0. The highest BCUT2D eigenvalue weighted by molar-refractivity contribution is 5.95. The molecule has 1 saturated heterocycles. The second-order valence-corrected chi connectivity index (χ2v) is 5.71. The number of nitrogens with one attached hydrogen (secondary N) is 2. The van der Waals surface area contributed by atoms with Gasteiger partial charge in [0.25, 0.3) is 5.91 Å². The minimum Gasteiger partial charge on any atom is -0.437 e. The second kappa shape index (κ2) is 10.3. The summed E-state index contributed by atoms with van der Waals surface area (Å²) in [7, 11) is 0. The van der Waals surface area contributed by atoms with E-state index in [1.807, 2.05) is 32.0 Å². The summed E-state index contributed by atoms with van der Waals surface area (Å²) in [4.78, 5) is 16.6. The van der Waals surface area contributed by atoms with Crippen molar-refractivity contribution in [2.24, 2.45) is 0 Å². The smallest absolute Gasteiger partial charge is 0.254 e. The first kappa shape index (κ1) is 22.2. The van der Waals surface area contributed by atoms with E-state index >= 15 is 0 Å². The Labute approximate surface area is 165 Å². The zero-order chi connectivity index (χ0) is 16.9. The maximum atomic E-state index is 12.3. The van der Waals surface area contributed by atoms with Crippen LogP contribution in [-0.2, 0) is 9.53 Å². The maximum Gasteiger partial charge on any atom is 0.254 e. The molecule has 26 heavy (non-hydrogen) atoms. The van der Waals surface area contributed by atoms with E-state index in [2.05, 4.69) is 15.6 Å². The number of nitrogens with zero attached hydrogens (tertiary/aromatic N) is 1. The van der Waals surface area contributed by atoms with Crippen LogP contribution in [0.4, 0.5) is 5.69 Å². The van der Waals surface area contributed by atoms with Gasteiger partial charge in [-0.2, -0.15) is 0 Å². The molecular formula is C18H23Cl2N3O3. The predicted octanol–water partition coefficient (Wildman–Crippen LogP) is 3.26. The first-order valence-corrected chi connectivity index (χ1v) is 7.97. The van der Waals surface area contributed by atoms with Crippen LogP contribution in [0, 0.1) is 13.8 Å². The van der Waals surface area contributed by atoms with E-state index in [-0.39, 0.29) is 30.7 Å². The molecule has 2 heterocycles. The fraction of sp³-hybridized carbons (Fsp3) is 0.333. The lowest BCUT2D eigenvalue weighted by atomic mass is 10.1. The van der Waals surface area contributed by atoms with Gasteiger partial charge in [0.1, 0.15) is 17.5 Å². The van der Waals surface area contributed by atoms with Gasteiger partial charge in [-0.25, -0.2) is 4.98 Å². The van der Waals surface area contributed by atoms with Crippen LogP contribution in [-0.4, -0.2) is 36.7 Å². The van der Waals surface area contributed by atoms with Crippen molar-refractivity contribution in [1.82, 2.24) is 10.3 Å². The summed E-state index contributed by atoms with van der Waals surface area (Å²) < 4.78 is 11.4. The number of rotatable bonds is 4. The third-order valence-corrected chi connectivity index (χ3v) is 4.01. The van der Waals surface area contributed by atoms with Crippen molar-refractivity contribution in [2.75, 3.05) is 25.0 Å². The van der Waals surface area contributed by atoms with Crippen LogP contribution in [0.3, 0.4) is 0 Å². The van der Waals surface area contributed by atoms with Crippen LogP contribution in [0.1, 0.15) is 11.1 Å². The van der Waals surface area contributed by atoms with Crippen molar-refractivity contribution in [3.8, 4) is 11.6 Å². The highest BCUT2D eigenvalue weighted by Crippen LogP contribution is 2.30. The van der Waals surface area contributed by atoms with E-state index in [0.717, 1.165) is 23.4 Å². The van der Waals surface area contributed by atoms with Crippen LogP contribution in [0.5, 0.6) is 11.6 Å². The molecule has 2 aromatic rings. The number of hydrogen-bond donors (Lipinski definition) is 2. The molecule has 1 aliphatic rings. The third kappa shape index (κ3) is 5.32. The average Bonchev–Trinajstić information content (AvgIpc) is 2.61. The number of amides is 1. The number of pyridine rings is 1. The van der Waals surface area contributed by atoms with Crippen LogP contribution in [0.15, 0.2) is 36.5 Å². The molecule has 0 radical (unpaired) electrons. The number of ether oxygens (including phenoxy) is 2. The van der Waals surface area contributed by atoms with E-state index in [9.17, 15) is 4.79 Å². The van der Waals surface area contributed by atoms with Gasteiger partial charge >= 0.3 is 0 Å². The molecule has 6 nitrogen and oxygen atoms in total. The predicted molar refractivity (Wildman–Crippen MR) is 106 cm³/mol. The monoisotopic (exact) mass is 399 g/mol. The second-order valence-electron chi connectivity index (χ2n) is 5.71. The van der Waals surface area contributed by atoms with E-state index in [1.165, 1.54) is 0 Å². The van der Waals surface area contributed by atoms with E-state index in [1.54, 1.807) is 18.3 Å².